The molecule has 0 N–H and O–H groups in total. The van der Waals surface area contributed by atoms with Gasteiger partial charge in [-0.25, -0.2) is 0 Å². The van der Waals surface area contributed by atoms with E-state index in [-0.39, 0.29) is 0 Å². The Morgan fingerprint density at radius 3 is 3.00 bits per heavy atom. The van der Waals surface area contributed by atoms with Crippen molar-refractivity contribution < 1.29 is 0 Å². The zero-order valence-corrected chi connectivity index (χ0v) is 8.29. The third-order valence-electron chi connectivity index (χ3n) is 2.68. The first-order chi connectivity index (χ1) is 6.40. The molecule has 0 spiro atoms. The van der Waals surface area contributed by atoms with Gasteiger partial charge in [-0.15, -0.1) is 0 Å². The van der Waals surface area contributed by atoms with Crippen molar-refractivity contribution in [3.8, 4) is 0 Å². The van der Waals surface area contributed by atoms with E-state index in [9.17, 15) is 0 Å². The summed E-state index contributed by atoms with van der Waals surface area (Å²) in [5, 5.41) is 0. The lowest BCUT2D eigenvalue weighted by atomic mass is 10.1. The maximum atomic E-state index is 4.39. The van der Waals surface area contributed by atoms with Crippen molar-refractivity contribution in [2.45, 2.75) is 44.9 Å². The van der Waals surface area contributed by atoms with Gasteiger partial charge in [0.25, 0.3) is 0 Å². The number of pyridine rings is 1. The van der Waals surface area contributed by atoms with Crippen LogP contribution in [0.15, 0.2) is 18.3 Å². The molecule has 1 fully saturated rings. The Morgan fingerprint density at radius 1 is 1.46 bits per heavy atom. The Kier molecular flexibility index (Phi) is 2.62. The minimum Gasteiger partial charge on any atom is -0.261 e. The van der Waals surface area contributed by atoms with Gasteiger partial charge < -0.3 is 0 Å². The van der Waals surface area contributed by atoms with Crippen molar-refractivity contribution in [3.05, 3.63) is 29.6 Å². The van der Waals surface area contributed by atoms with Crippen LogP contribution in [0.1, 0.15) is 49.8 Å². The van der Waals surface area contributed by atoms with Gasteiger partial charge in [0, 0.05) is 11.9 Å². The smallest absolute Gasteiger partial charge is 0.0406 e. The fourth-order valence-corrected chi connectivity index (χ4v) is 1.66. The van der Waals surface area contributed by atoms with Crippen molar-refractivity contribution in [2.24, 2.45) is 0 Å². The highest BCUT2D eigenvalue weighted by Crippen LogP contribution is 2.39. The van der Waals surface area contributed by atoms with Crippen LogP contribution in [-0.2, 0) is 6.42 Å². The summed E-state index contributed by atoms with van der Waals surface area (Å²) in [5.41, 5.74) is 2.80. The molecular weight excluding hydrogens is 158 g/mol. The summed E-state index contributed by atoms with van der Waals surface area (Å²) in [6.07, 6.45) is 8.42. The summed E-state index contributed by atoms with van der Waals surface area (Å²) in [7, 11) is 0. The van der Waals surface area contributed by atoms with Gasteiger partial charge in [-0.3, -0.25) is 4.98 Å². The molecule has 0 saturated heterocycles. The quantitative estimate of drug-likeness (QED) is 0.684. The summed E-state index contributed by atoms with van der Waals surface area (Å²) in [4.78, 5) is 4.39. The maximum Gasteiger partial charge on any atom is 0.0406 e. The number of hydrogen-bond acceptors (Lipinski definition) is 1. The Hall–Kier alpha value is -0.850. The zero-order chi connectivity index (χ0) is 9.10. The minimum atomic E-state index is 0.864. The Balaban J connectivity index is 2.03. The lowest BCUT2D eigenvalue weighted by Gasteiger charge is -2.01. The van der Waals surface area contributed by atoms with E-state index in [2.05, 4.69) is 24.0 Å². The number of aryl methyl sites for hydroxylation is 1. The Labute approximate surface area is 80.2 Å². The third kappa shape index (κ3) is 2.30. The van der Waals surface area contributed by atoms with E-state index in [1.165, 1.54) is 36.9 Å². The van der Waals surface area contributed by atoms with Crippen LogP contribution in [0, 0.1) is 0 Å². The lowest BCUT2D eigenvalue weighted by Crippen LogP contribution is -1.91. The SMILES string of the molecule is CCCCc1cc(C2CC2)ccn1. The molecular formula is C12H17N. The molecule has 13 heavy (non-hydrogen) atoms. The molecule has 1 aliphatic carbocycles. The molecule has 1 aromatic rings. The van der Waals surface area contributed by atoms with Crippen molar-refractivity contribution in [1.82, 2.24) is 4.98 Å². The van der Waals surface area contributed by atoms with E-state index in [4.69, 9.17) is 0 Å². The van der Waals surface area contributed by atoms with Gasteiger partial charge in [0.2, 0.25) is 0 Å². The number of hydrogen-bond donors (Lipinski definition) is 0. The predicted molar refractivity (Wildman–Crippen MR) is 54.8 cm³/mol. The molecule has 1 heterocycles. The average Bonchev–Trinajstić information content (AvgIpc) is 2.98. The normalized spacial score (nSPS) is 16.1. The first kappa shape index (κ1) is 8.74. The van der Waals surface area contributed by atoms with E-state index in [0.29, 0.717) is 0 Å². The molecule has 2 rings (SSSR count). The van der Waals surface area contributed by atoms with E-state index in [1.54, 1.807) is 0 Å². The fourth-order valence-electron chi connectivity index (χ4n) is 1.66. The molecule has 0 radical (unpaired) electrons. The van der Waals surface area contributed by atoms with Crippen LogP contribution < -0.4 is 0 Å². The second-order valence-corrected chi connectivity index (χ2v) is 3.96. The van der Waals surface area contributed by atoms with Crippen LogP contribution in [0.2, 0.25) is 0 Å². The van der Waals surface area contributed by atoms with Crippen LogP contribution in [0.4, 0.5) is 0 Å². The van der Waals surface area contributed by atoms with Crippen molar-refractivity contribution >= 4 is 0 Å². The number of nitrogens with zero attached hydrogens (tertiary/aromatic N) is 1. The van der Waals surface area contributed by atoms with Crippen LogP contribution in [0.5, 0.6) is 0 Å². The fraction of sp³-hybridized carbons (Fsp3) is 0.583. The first-order valence-corrected chi connectivity index (χ1v) is 5.35. The molecule has 0 aliphatic heterocycles. The highest BCUT2D eigenvalue weighted by atomic mass is 14.7. The summed E-state index contributed by atoms with van der Waals surface area (Å²) < 4.78 is 0. The van der Waals surface area contributed by atoms with Crippen molar-refractivity contribution in [1.29, 1.82) is 0 Å². The van der Waals surface area contributed by atoms with Gasteiger partial charge in [0.15, 0.2) is 0 Å². The van der Waals surface area contributed by atoms with Gasteiger partial charge in [0.1, 0.15) is 0 Å². The van der Waals surface area contributed by atoms with Crippen LogP contribution >= 0.6 is 0 Å². The van der Waals surface area contributed by atoms with Crippen LogP contribution in [0.25, 0.3) is 0 Å². The number of aromatic nitrogens is 1. The van der Waals surface area contributed by atoms with Gasteiger partial charge >= 0.3 is 0 Å². The van der Waals surface area contributed by atoms with Crippen molar-refractivity contribution in [2.75, 3.05) is 0 Å². The van der Waals surface area contributed by atoms with E-state index >= 15 is 0 Å². The molecule has 1 aliphatic rings. The van der Waals surface area contributed by atoms with E-state index in [1.807, 2.05) is 6.20 Å². The highest BCUT2D eigenvalue weighted by molar-refractivity contribution is 5.24. The average molecular weight is 175 g/mol. The molecule has 0 bridgehead atoms. The number of unbranched alkanes of at least 4 members (excludes halogenated alkanes) is 1. The van der Waals surface area contributed by atoms with E-state index in [0.717, 1.165) is 12.3 Å². The summed E-state index contributed by atoms with van der Waals surface area (Å²) >= 11 is 0. The lowest BCUT2D eigenvalue weighted by molar-refractivity contribution is 0.774. The second kappa shape index (κ2) is 3.91. The number of rotatable bonds is 4. The molecule has 1 aromatic heterocycles. The van der Waals surface area contributed by atoms with Gasteiger partial charge in [-0.2, -0.15) is 0 Å². The largest absolute Gasteiger partial charge is 0.261 e. The predicted octanol–water partition coefficient (Wildman–Crippen LogP) is 3.30. The molecule has 0 atom stereocenters. The first-order valence-electron chi connectivity index (χ1n) is 5.35. The zero-order valence-electron chi connectivity index (χ0n) is 8.29. The summed E-state index contributed by atoms with van der Waals surface area (Å²) in [6.45, 7) is 2.23. The van der Waals surface area contributed by atoms with Gasteiger partial charge in [-0.05, 0) is 49.3 Å². The van der Waals surface area contributed by atoms with Crippen molar-refractivity contribution in [3.63, 3.8) is 0 Å². The van der Waals surface area contributed by atoms with E-state index < -0.39 is 0 Å². The Bertz CT molecular complexity index is 276. The second-order valence-electron chi connectivity index (χ2n) is 3.96. The van der Waals surface area contributed by atoms with Gasteiger partial charge in [-0.1, -0.05) is 13.3 Å². The molecule has 0 amide bonds. The summed E-state index contributed by atoms with van der Waals surface area (Å²) in [5.74, 6) is 0.864. The van der Waals surface area contributed by atoms with Crippen LogP contribution in [-0.4, -0.2) is 4.98 Å². The summed E-state index contributed by atoms with van der Waals surface area (Å²) in [6, 6.07) is 4.47. The molecule has 0 aromatic carbocycles. The maximum absolute atomic E-state index is 4.39. The molecule has 1 nitrogen and oxygen atoms in total. The monoisotopic (exact) mass is 175 g/mol. The van der Waals surface area contributed by atoms with Crippen LogP contribution in [0.3, 0.4) is 0 Å². The minimum absolute atomic E-state index is 0.864. The molecule has 0 unspecified atom stereocenters. The Morgan fingerprint density at radius 2 is 2.31 bits per heavy atom. The standard InChI is InChI=1S/C12H17N/c1-2-3-4-12-9-11(7-8-13-12)10-5-6-10/h7-10H,2-6H2,1H3. The highest BCUT2D eigenvalue weighted by Gasteiger charge is 2.23. The molecule has 70 valence electrons. The van der Waals surface area contributed by atoms with Gasteiger partial charge in [0.05, 0.1) is 0 Å². The third-order valence-corrected chi connectivity index (χ3v) is 2.68. The molecule has 1 heteroatoms. The molecule has 1 saturated carbocycles. The topological polar surface area (TPSA) is 12.9 Å².